The maximum Gasteiger partial charge on any atom is 0.222 e. The van der Waals surface area contributed by atoms with Gasteiger partial charge in [0.1, 0.15) is 0 Å². The van der Waals surface area contributed by atoms with Crippen LogP contribution in [0.2, 0.25) is 0 Å². The Labute approximate surface area is 119 Å². The summed E-state index contributed by atoms with van der Waals surface area (Å²) in [4.78, 5) is 23.1. The lowest BCUT2D eigenvalue weighted by molar-refractivity contribution is -0.202. The Balaban J connectivity index is 3.00. The first-order valence-electron chi connectivity index (χ1n) is 6.18. The van der Waals surface area contributed by atoms with Crippen molar-refractivity contribution in [3.8, 4) is 0 Å². The van der Waals surface area contributed by atoms with Crippen LogP contribution in [0.15, 0.2) is 30.3 Å². The van der Waals surface area contributed by atoms with Crippen LogP contribution in [0.25, 0.3) is 0 Å². The van der Waals surface area contributed by atoms with Gasteiger partial charge in [0.2, 0.25) is 7.37 Å². The Kier molecular flexibility index (Phi) is 6.14. The molecule has 0 aromatic heterocycles. The molecule has 20 heavy (non-hydrogen) atoms. The standard InChI is InChI=1S/C12H21NO5P2/c1-4-18-20(16,17)12(19(3,14)15)13(2)10-11-8-6-5-7-9-11/h5-9,12H,4,10H2,1-3H3,(H,14,15)(H,16,17)/p-1. The molecule has 0 aliphatic rings. The number of hydrogen-bond acceptors (Lipinski definition) is 5. The molecule has 0 radical (unpaired) electrons. The van der Waals surface area contributed by atoms with Gasteiger partial charge in [0.15, 0.2) is 13.1 Å². The quantitative estimate of drug-likeness (QED) is 0.772. The summed E-state index contributed by atoms with van der Waals surface area (Å²) in [5.74, 6) is 0. The van der Waals surface area contributed by atoms with E-state index in [9.17, 15) is 18.9 Å². The van der Waals surface area contributed by atoms with Gasteiger partial charge in [0, 0.05) is 13.2 Å². The molecule has 0 aliphatic carbocycles. The highest BCUT2D eigenvalue weighted by Gasteiger charge is 2.39. The van der Waals surface area contributed by atoms with Crippen molar-refractivity contribution < 1.29 is 23.4 Å². The Morgan fingerprint density at radius 3 is 2.35 bits per heavy atom. The molecule has 8 heteroatoms. The summed E-state index contributed by atoms with van der Waals surface area (Å²) < 4.78 is 28.7. The number of benzene rings is 1. The molecule has 0 saturated heterocycles. The van der Waals surface area contributed by atoms with Gasteiger partial charge in [-0.25, -0.2) is 0 Å². The molecular formula is C12H20NO5P2-. The van der Waals surface area contributed by atoms with Gasteiger partial charge < -0.3 is 18.9 Å². The molecule has 0 aliphatic heterocycles. The van der Waals surface area contributed by atoms with E-state index in [1.54, 1.807) is 0 Å². The van der Waals surface area contributed by atoms with Crippen LogP contribution in [-0.2, 0) is 20.2 Å². The van der Waals surface area contributed by atoms with Gasteiger partial charge in [-0.3, -0.25) is 9.46 Å². The highest BCUT2D eigenvalue weighted by atomic mass is 31.2. The fourth-order valence-corrected chi connectivity index (χ4v) is 6.24. The molecule has 3 unspecified atom stereocenters. The maximum absolute atomic E-state index is 12.0. The van der Waals surface area contributed by atoms with Gasteiger partial charge in [-0.05, 0) is 19.5 Å². The van der Waals surface area contributed by atoms with Crippen LogP contribution in [0.3, 0.4) is 0 Å². The van der Waals surface area contributed by atoms with Crippen molar-refractivity contribution >= 4 is 15.0 Å². The molecular weight excluding hydrogens is 300 g/mol. The SMILES string of the molecule is CCOP(=O)([O-])C(N(C)Cc1ccccc1)P(C)(=O)O. The topological polar surface area (TPSA) is 89.9 Å². The van der Waals surface area contributed by atoms with E-state index in [4.69, 9.17) is 4.52 Å². The number of rotatable bonds is 7. The Bertz CT molecular complexity index is 516. The van der Waals surface area contributed by atoms with E-state index < -0.39 is 20.5 Å². The third-order valence-corrected chi connectivity index (χ3v) is 7.65. The smallest absolute Gasteiger partial charge is 0.222 e. The zero-order chi connectivity index (χ0) is 15.4. The van der Waals surface area contributed by atoms with Gasteiger partial charge in [-0.1, -0.05) is 30.3 Å². The predicted octanol–water partition coefficient (Wildman–Crippen LogP) is 1.89. The molecule has 1 aromatic carbocycles. The minimum absolute atomic E-state index is 0.0591. The summed E-state index contributed by atoms with van der Waals surface area (Å²) in [5, 5.41) is 0. The molecule has 1 N–H and O–H groups in total. The molecule has 1 aromatic rings. The monoisotopic (exact) mass is 320 g/mol. The lowest BCUT2D eigenvalue weighted by Crippen LogP contribution is -2.35. The van der Waals surface area contributed by atoms with Crippen LogP contribution in [0, 0.1) is 0 Å². The van der Waals surface area contributed by atoms with Crippen LogP contribution < -0.4 is 4.89 Å². The lowest BCUT2D eigenvalue weighted by atomic mass is 10.2. The van der Waals surface area contributed by atoms with Crippen molar-refractivity contribution in [1.82, 2.24) is 4.90 Å². The van der Waals surface area contributed by atoms with Crippen molar-refractivity contribution in [3.63, 3.8) is 0 Å². The van der Waals surface area contributed by atoms with E-state index in [2.05, 4.69) is 0 Å². The van der Waals surface area contributed by atoms with E-state index >= 15 is 0 Å². The highest BCUT2D eigenvalue weighted by Crippen LogP contribution is 2.61. The molecule has 0 heterocycles. The van der Waals surface area contributed by atoms with Gasteiger partial charge in [0.05, 0.1) is 6.61 Å². The average Bonchev–Trinajstić information content (AvgIpc) is 2.27. The summed E-state index contributed by atoms with van der Waals surface area (Å²) >= 11 is 0. The molecule has 1 rings (SSSR count). The van der Waals surface area contributed by atoms with E-state index in [1.807, 2.05) is 30.3 Å². The fourth-order valence-electron chi connectivity index (χ4n) is 2.07. The van der Waals surface area contributed by atoms with E-state index in [-0.39, 0.29) is 13.2 Å². The summed E-state index contributed by atoms with van der Waals surface area (Å²) in [6.45, 7) is 2.74. The lowest BCUT2D eigenvalue weighted by Gasteiger charge is -2.38. The number of hydrogen-bond donors (Lipinski definition) is 1. The molecule has 114 valence electrons. The van der Waals surface area contributed by atoms with E-state index in [0.717, 1.165) is 12.2 Å². The molecule has 0 spiro atoms. The first-order valence-corrected chi connectivity index (χ1v) is 9.96. The largest absolute Gasteiger partial charge is 0.777 e. The second kappa shape index (κ2) is 6.99. The summed E-state index contributed by atoms with van der Waals surface area (Å²) in [6.07, 6.45) is 0. The zero-order valence-corrected chi connectivity index (χ0v) is 13.6. The minimum atomic E-state index is -4.45. The Morgan fingerprint density at radius 1 is 1.35 bits per heavy atom. The average molecular weight is 320 g/mol. The molecule has 0 saturated carbocycles. The maximum atomic E-state index is 12.0. The summed E-state index contributed by atoms with van der Waals surface area (Å²) in [5.41, 5.74) is -0.694. The first kappa shape index (κ1) is 17.6. The van der Waals surface area contributed by atoms with Crippen LogP contribution >= 0.6 is 15.0 Å². The van der Waals surface area contributed by atoms with Crippen molar-refractivity contribution in [1.29, 1.82) is 0 Å². The normalized spacial score (nSPS) is 19.3. The Hall–Kier alpha value is -0.480. The van der Waals surface area contributed by atoms with Crippen molar-refractivity contribution in [2.75, 3.05) is 20.3 Å². The minimum Gasteiger partial charge on any atom is -0.777 e. The summed E-state index contributed by atoms with van der Waals surface area (Å²) in [7, 11) is -6.86. The molecule has 0 bridgehead atoms. The molecule has 0 fully saturated rings. The van der Waals surface area contributed by atoms with Crippen LogP contribution in [0.5, 0.6) is 0 Å². The van der Waals surface area contributed by atoms with E-state index in [1.165, 1.54) is 18.9 Å². The zero-order valence-electron chi connectivity index (χ0n) is 11.8. The third-order valence-electron chi connectivity index (χ3n) is 2.69. The third kappa shape index (κ3) is 4.81. The van der Waals surface area contributed by atoms with Gasteiger partial charge in [0.25, 0.3) is 0 Å². The molecule has 0 amide bonds. The van der Waals surface area contributed by atoms with Crippen LogP contribution in [0.1, 0.15) is 12.5 Å². The molecule has 6 nitrogen and oxygen atoms in total. The van der Waals surface area contributed by atoms with Crippen molar-refractivity contribution in [3.05, 3.63) is 35.9 Å². The van der Waals surface area contributed by atoms with Crippen LogP contribution in [-0.4, -0.2) is 35.6 Å². The first-order chi connectivity index (χ1) is 9.18. The predicted molar refractivity (Wildman–Crippen MR) is 76.7 cm³/mol. The van der Waals surface area contributed by atoms with E-state index in [0.29, 0.717) is 0 Å². The van der Waals surface area contributed by atoms with Crippen molar-refractivity contribution in [2.45, 2.75) is 19.0 Å². The second-order valence-electron chi connectivity index (χ2n) is 4.65. The molecule has 3 atom stereocenters. The Morgan fingerprint density at radius 2 is 1.90 bits per heavy atom. The van der Waals surface area contributed by atoms with Gasteiger partial charge in [-0.2, -0.15) is 0 Å². The fraction of sp³-hybridized carbons (Fsp3) is 0.500. The van der Waals surface area contributed by atoms with Crippen LogP contribution in [0.4, 0.5) is 0 Å². The van der Waals surface area contributed by atoms with Gasteiger partial charge >= 0.3 is 0 Å². The number of nitrogens with zero attached hydrogens (tertiary/aromatic N) is 1. The second-order valence-corrected chi connectivity index (χ2v) is 9.26. The summed E-state index contributed by atoms with van der Waals surface area (Å²) in [6, 6.07) is 9.13. The highest BCUT2D eigenvalue weighted by molar-refractivity contribution is 7.73. The van der Waals surface area contributed by atoms with Crippen molar-refractivity contribution in [2.24, 2.45) is 0 Å². The van der Waals surface area contributed by atoms with Gasteiger partial charge in [-0.15, -0.1) is 0 Å².